The van der Waals surface area contributed by atoms with E-state index in [9.17, 15) is 14.4 Å². The molecule has 1 saturated heterocycles. The fourth-order valence-electron chi connectivity index (χ4n) is 4.54. The second kappa shape index (κ2) is 10.5. The van der Waals surface area contributed by atoms with Gasteiger partial charge in [0, 0.05) is 67.6 Å². The molecule has 0 bridgehead atoms. The number of aromatic nitrogens is 3. The molecule has 0 unspecified atom stereocenters. The van der Waals surface area contributed by atoms with Crippen molar-refractivity contribution in [3.05, 3.63) is 78.0 Å². The number of nitrogens with zero attached hydrogens (tertiary/aromatic N) is 5. The van der Waals surface area contributed by atoms with Gasteiger partial charge in [0.05, 0.1) is 28.0 Å². The lowest BCUT2D eigenvalue weighted by Gasteiger charge is -2.32. The first-order valence-corrected chi connectivity index (χ1v) is 12.4. The molecular formula is C28H24ClFN6O2. The Labute approximate surface area is 223 Å². The number of hydrogen-bond donors (Lipinski definition) is 1. The Hall–Kier alpha value is -4.42. The fraction of sp³-hybridized carbons (Fsp3) is 0.214. The van der Waals surface area contributed by atoms with Gasteiger partial charge >= 0.3 is 0 Å². The number of nitriles is 1. The number of amides is 1. The largest absolute Gasteiger partial charge is 0.490 e. The molecule has 4 aromatic rings. The summed E-state index contributed by atoms with van der Waals surface area (Å²) in [6, 6.07) is 10.2. The molecule has 5 rings (SSSR count). The number of rotatable bonds is 6. The summed E-state index contributed by atoms with van der Waals surface area (Å²) >= 11 is 5.99. The van der Waals surface area contributed by atoms with E-state index in [0.717, 1.165) is 11.1 Å². The summed E-state index contributed by atoms with van der Waals surface area (Å²) in [4.78, 5) is 18.3. The number of likely N-dealkylation sites (tertiary alicyclic amines) is 1. The van der Waals surface area contributed by atoms with Gasteiger partial charge in [0.2, 0.25) is 5.91 Å². The Balaban J connectivity index is 1.57. The smallest absolute Gasteiger partial charge is 0.245 e. The summed E-state index contributed by atoms with van der Waals surface area (Å²) in [6.07, 6.45) is 7.69. The summed E-state index contributed by atoms with van der Waals surface area (Å²) in [6.45, 7) is 4.72. The van der Waals surface area contributed by atoms with E-state index in [1.165, 1.54) is 24.4 Å². The van der Waals surface area contributed by atoms with Crippen molar-refractivity contribution in [2.75, 3.05) is 18.4 Å². The second-order valence-electron chi connectivity index (χ2n) is 9.03. The zero-order valence-electron chi connectivity index (χ0n) is 20.6. The topological polar surface area (TPSA) is 96.1 Å². The minimum atomic E-state index is -0.532. The van der Waals surface area contributed by atoms with Crippen LogP contribution in [-0.2, 0) is 11.8 Å². The highest BCUT2D eigenvalue weighted by Gasteiger charge is 2.24. The summed E-state index contributed by atoms with van der Waals surface area (Å²) in [5.41, 5.74) is 3.65. The molecule has 0 atom stereocenters. The summed E-state index contributed by atoms with van der Waals surface area (Å²) < 4.78 is 22.0. The van der Waals surface area contributed by atoms with Crippen molar-refractivity contribution in [3.63, 3.8) is 0 Å². The molecule has 2 aromatic heterocycles. The predicted octanol–water partition coefficient (Wildman–Crippen LogP) is 5.60. The van der Waals surface area contributed by atoms with E-state index in [1.54, 1.807) is 21.8 Å². The molecule has 0 aliphatic carbocycles. The molecule has 8 nitrogen and oxygen atoms in total. The highest BCUT2D eigenvalue weighted by molar-refractivity contribution is 6.31. The minimum Gasteiger partial charge on any atom is -0.490 e. The third-order valence-corrected chi connectivity index (χ3v) is 6.81. The quantitative estimate of drug-likeness (QED) is 0.326. The molecule has 1 aliphatic heterocycles. The average Bonchev–Trinajstić information content (AvgIpc) is 3.36. The standard InChI is InChI=1S/C28H24ClFN6O2/c1-3-27(37)36-8-6-20(7-9-36)38-26-12-22-25(11-21(26)18-15-33-35(2)16-18)32-14-17(13-31)28(22)34-19-4-5-24(30)23(29)10-19/h3-5,10-12,14-16,20H,1,6-9H2,2H3,(H,32,34). The van der Waals surface area contributed by atoms with E-state index in [-0.39, 0.29) is 17.0 Å². The number of benzene rings is 2. The fourth-order valence-corrected chi connectivity index (χ4v) is 4.72. The molecule has 38 heavy (non-hydrogen) atoms. The van der Waals surface area contributed by atoms with Crippen LogP contribution in [0.2, 0.25) is 5.02 Å². The van der Waals surface area contributed by atoms with Crippen LogP contribution >= 0.6 is 11.6 Å². The first kappa shape index (κ1) is 25.2. The molecule has 10 heteroatoms. The number of carbonyl (C=O) groups is 1. The lowest BCUT2D eigenvalue weighted by atomic mass is 10.0. The second-order valence-corrected chi connectivity index (χ2v) is 9.43. The summed E-state index contributed by atoms with van der Waals surface area (Å²) in [5, 5.41) is 18.0. The number of carbonyl (C=O) groups excluding carboxylic acids is 1. The molecule has 1 N–H and O–H groups in total. The van der Waals surface area contributed by atoms with Crippen molar-refractivity contribution in [3.8, 4) is 22.9 Å². The normalized spacial score (nSPS) is 13.8. The summed E-state index contributed by atoms with van der Waals surface area (Å²) in [7, 11) is 1.84. The van der Waals surface area contributed by atoms with Crippen LogP contribution in [0.1, 0.15) is 18.4 Å². The predicted molar refractivity (Wildman–Crippen MR) is 144 cm³/mol. The molecule has 0 radical (unpaired) electrons. The number of fused-ring (bicyclic) bond motifs is 1. The molecule has 3 heterocycles. The number of nitrogens with one attached hydrogen (secondary N) is 1. The third-order valence-electron chi connectivity index (χ3n) is 6.52. The van der Waals surface area contributed by atoms with E-state index in [1.807, 2.05) is 25.4 Å². The van der Waals surface area contributed by atoms with Gasteiger partial charge in [0.1, 0.15) is 23.7 Å². The molecular weight excluding hydrogens is 507 g/mol. The van der Waals surface area contributed by atoms with Crippen LogP contribution in [0.4, 0.5) is 15.8 Å². The van der Waals surface area contributed by atoms with Crippen molar-refractivity contribution >= 4 is 39.8 Å². The van der Waals surface area contributed by atoms with Crippen LogP contribution in [0, 0.1) is 17.1 Å². The zero-order chi connectivity index (χ0) is 26.8. The number of pyridine rings is 1. The SMILES string of the molecule is C=CC(=O)N1CCC(Oc2cc3c(Nc4ccc(F)c(Cl)c4)c(C#N)cnc3cc2-c2cnn(C)c2)CC1. The van der Waals surface area contributed by atoms with E-state index in [2.05, 4.69) is 28.0 Å². The van der Waals surface area contributed by atoms with Crippen molar-refractivity contribution in [1.29, 1.82) is 5.26 Å². The highest BCUT2D eigenvalue weighted by Crippen LogP contribution is 2.39. The van der Waals surface area contributed by atoms with Crippen LogP contribution in [0.15, 0.2) is 61.6 Å². The molecule has 2 aromatic carbocycles. The number of ether oxygens (including phenoxy) is 1. The Morgan fingerprint density at radius 1 is 1.29 bits per heavy atom. The van der Waals surface area contributed by atoms with Gasteiger partial charge in [0.25, 0.3) is 0 Å². The molecule has 0 spiro atoms. The van der Waals surface area contributed by atoms with E-state index < -0.39 is 5.82 Å². The third kappa shape index (κ3) is 5.04. The van der Waals surface area contributed by atoms with E-state index >= 15 is 0 Å². The van der Waals surface area contributed by atoms with Crippen LogP contribution in [0.5, 0.6) is 5.75 Å². The Kier molecular flexibility index (Phi) is 6.99. The Bertz CT molecular complexity index is 1590. The van der Waals surface area contributed by atoms with Gasteiger partial charge in [-0.2, -0.15) is 10.4 Å². The van der Waals surface area contributed by atoms with Gasteiger partial charge in [0.15, 0.2) is 0 Å². The number of hydrogen-bond acceptors (Lipinski definition) is 6. The van der Waals surface area contributed by atoms with Gasteiger partial charge in [-0.15, -0.1) is 0 Å². The number of piperidine rings is 1. The van der Waals surface area contributed by atoms with Gasteiger partial charge in [-0.05, 0) is 36.4 Å². The zero-order valence-corrected chi connectivity index (χ0v) is 21.4. The van der Waals surface area contributed by atoms with Gasteiger partial charge in [-0.3, -0.25) is 14.5 Å². The summed E-state index contributed by atoms with van der Waals surface area (Å²) in [5.74, 6) is -0.0112. The van der Waals surface area contributed by atoms with Gasteiger partial charge in [-0.1, -0.05) is 18.2 Å². The number of anilines is 2. The maximum Gasteiger partial charge on any atom is 0.245 e. The lowest BCUT2D eigenvalue weighted by Crippen LogP contribution is -2.41. The van der Waals surface area contributed by atoms with Crippen LogP contribution < -0.4 is 10.1 Å². The Morgan fingerprint density at radius 2 is 2.08 bits per heavy atom. The maximum absolute atomic E-state index is 13.7. The van der Waals surface area contributed by atoms with Crippen LogP contribution in [0.25, 0.3) is 22.0 Å². The van der Waals surface area contributed by atoms with Crippen molar-refractivity contribution < 1.29 is 13.9 Å². The molecule has 1 aliphatic rings. The van der Waals surface area contributed by atoms with Crippen LogP contribution in [-0.4, -0.2) is 44.8 Å². The lowest BCUT2D eigenvalue weighted by molar-refractivity contribution is -0.127. The number of aryl methyl sites for hydroxylation is 1. The molecule has 1 amide bonds. The maximum atomic E-state index is 13.7. The van der Waals surface area contributed by atoms with E-state index in [4.69, 9.17) is 16.3 Å². The molecule has 0 saturated carbocycles. The minimum absolute atomic E-state index is 0.0315. The molecule has 192 valence electrons. The van der Waals surface area contributed by atoms with Crippen molar-refractivity contribution in [2.24, 2.45) is 7.05 Å². The molecule has 1 fully saturated rings. The highest BCUT2D eigenvalue weighted by atomic mass is 35.5. The van der Waals surface area contributed by atoms with Gasteiger partial charge in [-0.25, -0.2) is 4.39 Å². The first-order chi connectivity index (χ1) is 18.4. The van der Waals surface area contributed by atoms with Crippen molar-refractivity contribution in [2.45, 2.75) is 18.9 Å². The first-order valence-electron chi connectivity index (χ1n) is 12.0. The average molecular weight is 531 g/mol. The Morgan fingerprint density at radius 3 is 2.74 bits per heavy atom. The van der Waals surface area contributed by atoms with Crippen molar-refractivity contribution in [1.82, 2.24) is 19.7 Å². The van der Waals surface area contributed by atoms with Gasteiger partial charge < -0.3 is 15.0 Å². The van der Waals surface area contributed by atoms with E-state index in [0.29, 0.717) is 59.5 Å². The number of halogens is 2. The monoisotopic (exact) mass is 530 g/mol. The van der Waals surface area contributed by atoms with Crippen LogP contribution in [0.3, 0.4) is 0 Å².